The molecule has 3 rings (SSSR count). The lowest BCUT2D eigenvalue weighted by atomic mass is 10.4. The SMILES string of the molecule is CCNC(=NCC1CC1)N1CCN(S(=O)(=O)Cc2ccon2)CC1. The van der Waals surface area contributed by atoms with E-state index in [4.69, 9.17) is 4.52 Å². The molecule has 1 N–H and O–H groups in total. The van der Waals surface area contributed by atoms with Crippen molar-refractivity contribution in [2.45, 2.75) is 25.5 Å². The van der Waals surface area contributed by atoms with Gasteiger partial charge in [-0.05, 0) is 25.7 Å². The predicted octanol–water partition coefficient (Wildman–Crippen LogP) is 0.498. The summed E-state index contributed by atoms with van der Waals surface area (Å²) in [4.78, 5) is 6.84. The van der Waals surface area contributed by atoms with Crippen LogP contribution in [0.4, 0.5) is 0 Å². The van der Waals surface area contributed by atoms with Gasteiger partial charge in [0.1, 0.15) is 12.0 Å². The smallest absolute Gasteiger partial charge is 0.220 e. The Balaban J connectivity index is 1.56. The number of aromatic nitrogens is 1. The van der Waals surface area contributed by atoms with Crippen molar-refractivity contribution >= 4 is 16.0 Å². The fourth-order valence-electron chi connectivity index (χ4n) is 2.71. The van der Waals surface area contributed by atoms with Gasteiger partial charge in [0.05, 0.1) is 5.69 Å². The molecule has 0 spiro atoms. The van der Waals surface area contributed by atoms with Crippen LogP contribution in [0.1, 0.15) is 25.5 Å². The van der Waals surface area contributed by atoms with E-state index in [9.17, 15) is 8.42 Å². The largest absolute Gasteiger partial charge is 0.364 e. The van der Waals surface area contributed by atoms with Crippen LogP contribution in [0.5, 0.6) is 0 Å². The van der Waals surface area contributed by atoms with Crippen LogP contribution in [0, 0.1) is 5.92 Å². The van der Waals surface area contributed by atoms with Gasteiger partial charge in [-0.3, -0.25) is 4.99 Å². The summed E-state index contributed by atoms with van der Waals surface area (Å²) in [6, 6.07) is 1.58. The number of rotatable bonds is 6. The highest BCUT2D eigenvalue weighted by molar-refractivity contribution is 7.88. The molecule has 1 aliphatic heterocycles. The molecule has 0 amide bonds. The third kappa shape index (κ3) is 4.47. The highest BCUT2D eigenvalue weighted by atomic mass is 32.2. The van der Waals surface area contributed by atoms with E-state index in [-0.39, 0.29) is 5.75 Å². The minimum atomic E-state index is -3.36. The highest BCUT2D eigenvalue weighted by Gasteiger charge is 2.29. The molecule has 0 atom stereocenters. The minimum Gasteiger partial charge on any atom is -0.364 e. The third-order valence-corrected chi connectivity index (χ3v) is 6.10. The molecule has 1 saturated heterocycles. The molecule has 1 aliphatic carbocycles. The Labute approximate surface area is 142 Å². The van der Waals surface area contributed by atoms with E-state index in [0.717, 1.165) is 25.0 Å². The molecule has 1 aromatic heterocycles. The molecule has 2 heterocycles. The number of nitrogens with zero attached hydrogens (tertiary/aromatic N) is 4. The lowest BCUT2D eigenvalue weighted by Gasteiger charge is -2.35. The van der Waals surface area contributed by atoms with Crippen molar-refractivity contribution in [3.05, 3.63) is 18.0 Å². The molecule has 0 aromatic carbocycles. The second kappa shape index (κ2) is 7.52. The van der Waals surface area contributed by atoms with E-state index in [0.29, 0.717) is 31.9 Å². The summed E-state index contributed by atoms with van der Waals surface area (Å²) in [7, 11) is -3.36. The van der Waals surface area contributed by atoms with Crippen LogP contribution in [0.25, 0.3) is 0 Å². The molecule has 2 fully saturated rings. The summed E-state index contributed by atoms with van der Waals surface area (Å²) in [5.41, 5.74) is 0.441. The Bertz CT molecular complexity index is 647. The zero-order valence-electron chi connectivity index (χ0n) is 14.0. The molecule has 1 saturated carbocycles. The Morgan fingerprint density at radius 2 is 2.12 bits per heavy atom. The average Bonchev–Trinajstić information content (AvgIpc) is 3.27. The van der Waals surface area contributed by atoms with Crippen molar-refractivity contribution in [1.82, 2.24) is 19.7 Å². The molecule has 1 aromatic rings. The average molecular weight is 355 g/mol. The standard InChI is InChI=1S/C15H25N5O3S/c1-2-16-15(17-11-13-3-4-13)19-6-8-20(9-7-19)24(21,22)12-14-5-10-23-18-14/h5,10,13H,2-4,6-9,11-12H2,1H3,(H,16,17). The van der Waals surface area contributed by atoms with E-state index >= 15 is 0 Å². The first-order valence-corrected chi connectivity index (χ1v) is 10.1. The maximum Gasteiger partial charge on any atom is 0.220 e. The number of hydrogen-bond donors (Lipinski definition) is 1. The van der Waals surface area contributed by atoms with E-state index in [2.05, 4.69) is 20.4 Å². The van der Waals surface area contributed by atoms with Gasteiger partial charge in [-0.25, -0.2) is 8.42 Å². The van der Waals surface area contributed by atoms with Gasteiger partial charge in [0.15, 0.2) is 5.96 Å². The molecule has 8 nitrogen and oxygen atoms in total. The molecule has 0 radical (unpaired) electrons. The van der Waals surface area contributed by atoms with Crippen molar-refractivity contribution in [3.63, 3.8) is 0 Å². The van der Waals surface area contributed by atoms with Crippen molar-refractivity contribution in [3.8, 4) is 0 Å². The molecular formula is C15H25N5O3S. The normalized spacial score (nSPS) is 20.4. The van der Waals surface area contributed by atoms with Crippen LogP contribution < -0.4 is 5.32 Å². The van der Waals surface area contributed by atoms with Gasteiger partial charge < -0.3 is 14.7 Å². The van der Waals surface area contributed by atoms with Crippen LogP contribution in [-0.2, 0) is 15.8 Å². The van der Waals surface area contributed by atoms with Gasteiger partial charge >= 0.3 is 0 Å². The van der Waals surface area contributed by atoms with Gasteiger partial charge in [0, 0.05) is 45.3 Å². The Morgan fingerprint density at radius 1 is 1.38 bits per heavy atom. The van der Waals surface area contributed by atoms with Crippen LogP contribution in [0.3, 0.4) is 0 Å². The predicted molar refractivity (Wildman–Crippen MR) is 91.0 cm³/mol. The number of sulfonamides is 1. The summed E-state index contributed by atoms with van der Waals surface area (Å²) in [5.74, 6) is 1.53. The van der Waals surface area contributed by atoms with Gasteiger partial charge in [0.2, 0.25) is 10.0 Å². The first-order valence-electron chi connectivity index (χ1n) is 8.49. The van der Waals surface area contributed by atoms with Crippen molar-refractivity contribution in [1.29, 1.82) is 0 Å². The summed E-state index contributed by atoms with van der Waals surface area (Å²) in [6.45, 7) is 5.96. The Hall–Kier alpha value is -1.61. The Kier molecular flexibility index (Phi) is 5.40. The second-order valence-electron chi connectivity index (χ2n) is 6.27. The van der Waals surface area contributed by atoms with Crippen LogP contribution in [0.15, 0.2) is 21.8 Å². The van der Waals surface area contributed by atoms with Gasteiger partial charge in [0.25, 0.3) is 0 Å². The summed E-state index contributed by atoms with van der Waals surface area (Å²) < 4.78 is 31.2. The Morgan fingerprint density at radius 3 is 2.71 bits per heavy atom. The molecule has 24 heavy (non-hydrogen) atoms. The summed E-state index contributed by atoms with van der Waals surface area (Å²) >= 11 is 0. The second-order valence-corrected chi connectivity index (χ2v) is 8.24. The first kappa shape index (κ1) is 17.2. The van der Waals surface area contributed by atoms with E-state index < -0.39 is 10.0 Å². The van der Waals surface area contributed by atoms with Crippen LogP contribution in [0.2, 0.25) is 0 Å². The number of hydrogen-bond acceptors (Lipinski definition) is 5. The maximum atomic E-state index is 12.5. The van der Waals surface area contributed by atoms with E-state index in [1.807, 2.05) is 6.92 Å². The topological polar surface area (TPSA) is 91.0 Å². The molecular weight excluding hydrogens is 330 g/mol. The van der Waals surface area contributed by atoms with Crippen LogP contribution >= 0.6 is 0 Å². The van der Waals surface area contributed by atoms with Gasteiger partial charge in [-0.2, -0.15) is 4.31 Å². The number of nitrogens with one attached hydrogen (secondary N) is 1. The third-order valence-electron chi connectivity index (χ3n) is 4.28. The van der Waals surface area contributed by atoms with Crippen molar-refractivity contribution in [2.24, 2.45) is 10.9 Å². The number of guanidine groups is 1. The van der Waals surface area contributed by atoms with Gasteiger partial charge in [-0.15, -0.1) is 0 Å². The maximum absolute atomic E-state index is 12.5. The number of piperazine rings is 1. The lowest BCUT2D eigenvalue weighted by molar-refractivity contribution is 0.259. The van der Waals surface area contributed by atoms with Crippen LogP contribution in [-0.4, -0.2) is 68.0 Å². The first-order chi connectivity index (χ1) is 11.6. The summed E-state index contributed by atoms with van der Waals surface area (Å²) in [5, 5.41) is 7.00. The molecule has 0 unspecified atom stereocenters. The van der Waals surface area contributed by atoms with Crippen molar-refractivity contribution in [2.75, 3.05) is 39.3 Å². The zero-order valence-corrected chi connectivity index (χ0v) is 14.8. The van der Waals surface area contributed by atoms with Crippen molar-refractivity contribution < 1.29 is 12.9 Å². The monoisotopic (exact) mass is 355 g/mol. The lowest BCUT2D eigenvalue weighted by Crippen LogP contribution is -2.54. The quantitative estimate of drug-likeness (QED) is 0.590. The van der Waals surface area contributed by atoms with Gasteiger partial charge in [-0.1, -0.05) is 5.16 Å². The molecule has 9 heteroatoms. The number of aliphatic imine (C=N–C) groups is 1. The fraction of sp³-hybridized carbons (Fsp3) is 0.733. The summed E-state index contributed by atoms with van der Waals surface area (Å²) in [6.07, 6.45) is 3.94. The zero-order chi connectivity index (χ0) is 17.0. The molecule has 2 aliphatic rings. The van der Waals surface area contributed by atoms with E-state index in [1.165, 1.54) is 23.4 Å². The molecule has 0 bridgehead atoms. The minimum absolute atomic E-state index is 0.112. The highest BCUT2D eigenvalue weighted by Crippen LogP contribution is 2.28. The van der Waals surface area contributed by atoms with E-state index in [1.54, 1.807) is 6.07 Å². The molecule has 134 valence electrons. The fourth-order valence-corrected chi connectivity index (χ4v) is 4.13.